The van der Waals surface area contributed by atoms with Crippen LogP contribution in [-0.4, -0.2) is 23.4 Å². The van der Waals surface area contributed by atoms with Crippen LogP contribution in [0.2, 0.25) is 0 Å². The summed E-state index contributed by atoms with van der Waals surface area (Å²) in [7, 11) is 0. The highest BCUT2D eigenvalue weighted by Crippen LogP contribution is 2.22. The van der Waals surface area contributed by atoms with Gasteiger partial charge in [0, 0.05) is 18.9 Å². The minimum atomic E-state index is 0.320. The van der Waals surface area contributed by atoms with Crippen molar-refractivity contribution < 1.29 is 9.26 Å². The molecule has 1 aromatic heterocycles. The third-order valence-electron chi connectivity index (χ3n) is 4.28. The molecule has 0 radical (unpaired) electrons. The molecule has 0 N–H and O–H groups in total. The fourth-order valence-corrected chi connectivity index (χ4v) is 2.79. The standard InChI is InChI=1S/C18H24N2O2/c1-13(2)15-8-6-14(7-9-15)4-3-5-17-19-18(20-22-17)16-10-11-21-12-16/h6-9,13,16H,3-5,10-12H2,1-2H3/t16-/m0/s1. The van der Waals surface area contributed by atoms with Crippen molar-refractivity contribution >= 4 is 0 Å². The van der Waals surface area contributed by atoms with E-state index in [0.29, 0.717) is 11.8 Å². The number of nitrogens with zero attached hydrogens (tertiary/aromatic N) is 2. The van der Waals surface area contributed by atoms with Crippen LogP contribution in [-0.2, 0) is 17.6 Å². The van der Waals surface area contributed by atoms with E-state index in [0.717, 1.165) is 50.6 Å². The van der Waals surface area contributed by atoms with Gasteiger partial charge in [-0.05, 0) is 36.3 Å². The molecule has 1 aliphatic rings. The van der Waals surface area contributed by atoms with Crippen molar-refractivity contribution in [2.75, 3.05) is 13.2 Å². The molecular weight excluding hydrogens is 276 g/mol. The Kier molecular flexibility index (Phi) is 4.88. The predicted octanol–water partition coefficient (Wildman–Crippen LogP) is 3.87. The Morgan fingerprint density at radius 1 is 1.18 bits per heavy atom. The number of aryl methyl sites for hydroxylation is 2. The Balaban J connectivity index is 1.48. The van der Waals surface area contributed by atoms with Gasteiger partial charge in [-0.15, -0.1) is 0 Å². The van der Waals surface area contributed by atoms with Crippen molar-refractivity contribution in [3.8, 4) is 0 Å². The Morgan fingerprint density at radius 2 is 2.00 bits per heavy atom. The van der Waals surface area contributed by atoms with Crippen molar-refractivity contribution in [2.45, 2.75) is 51.4 Å². The molecule has 4 heteroatoms. The van der Waals surface area contributed by atoms with Gasteiger partial charge >= 0.3 is 0 Å². The molecule has 2 aromatic rings. The minimum absolute atomic E-state index is 0.320. The van der Waals surface area contributed by atoms with E-state index in [9.17, 15) is 0 Å². The van der Waals surface area contributed by atoms with E-state index in [2.05, 4.69) is 48.3 Å². The monoisotopic (exact) mass is 300 g/mol. The summed E-state index contributed by atoms with van der Waals surface area (Å²) in [5.74, 6) is 2.47. The predicted molar refractivity (Wildman–Crippen MR) is 85.0 cm³/mol. The Hall–Kier alpha value is -1.68. The highest BCUT2D eigenvalue weighted by Gasteiger charge is 2.22. The molecule has 0 aliphatic carbocycles. The van der Waals surface area contributed by atoms with Crippen molar-refractivity contribution in [2.24, 2.45) is 0 Å². The van der Waals surface area contributed by atoms with Crippen LogP contribution in [0.1, 0.15) is 61.4 Å². The van der Waals surface area contributed by atoms with Gasteiger partial charge in [0.05, 0.1) is 6.61 Å². The molecule has 0 saturated carbocycles. The van der Waals surface area contributed by atoms with Gasteiger partial charge < -0.3 is 9.26 Å². The topological polar surface area (TPSA) is 48.2 Å². The number of ether oxygens (including phenoxy) is 1. The molecule has 1 aromatic carbocycles. The summed E-state index contributed by atoms with van der Waals surface area (Å²) < 4.78 is 10.7. The third kappa shape index (κ3) is 3.74. The number of rotatable bonds is 6. The molecule has 1 atom stereocenters. The minimum Gasteiger partial charge on any atom is -0.381 e. The van der Waals surface area contributed by atoms with Crippen LogP contribution < -0.4 is 0 Å². The van der Waals surface area contributed by atoms with Gasteiger partial charge in [0.15, 0.2) is 5.82 Å². The van der Waals surface area contributed by atoms with Crippen LogP contribution in [0.15, 0.2) is 28.8 Å². The zero-order valence-electron chi connectivity index (χ0n) is 13.4. The quantitative estimate of drug-likeness (QED) is 0.812. The van der Waals surface area contributed by atoms with Crippen LogP contribution in [0.5, 0.6) is 0 Å². The first-order valence-electron chi connectivity index (χ1n) is 8.21. The van der Waals surface area contributed by atoms with Crippen LogP contribution in [0.4, 0.5) is 0 Å². The summed E-state index contributed by atoms with van der Waals surface area (Å²) in [4.78, 5) is 4.50. The first-order valence-corrected chi connectivity index (χ1v) is 8.21. The van der Waals surface area contributed by atoms with E-state index in [4.69, 9.17) is 9.26 Å². The van der Waals surface area contributed by atoms with Crippen LogP contribution in [0, 0.1) is 0 Å². The maximum atomic E-state index is 5.36. The lowest BCUT2D eigenvalue weighted by molar-refractivity contribution is 0.192. The largest absolute Gasteiger partial charge is 0.381 e. The molecule has 118 valence electrons. The molecule has 1 saturated heterocycles. The SMILES string of the molecule is CC(C)c1ccc(CCCc2nc([C@H]3CCOC3)no2)cc1. The summed E-state index contributed by atoms with van der Waals surface area (Å²) in [6.07, 6.45) is 3.92. The number of aromatic nitrogens is 2. The lowest BCUT2D eigenvalue weighted by atomic mass is 10.00. The van der Waals surface area contributed by atoms with Crippen LogP contribution in [0.3, 0.4) is 0 Å². The molecule has 3 rings (SSSR count). The number of benzene rings is 1. The van der Waals surface area contributed by atoms with E-state index in [-0.39, 0.29) is 0 Å². The van der Waals surface area contributed by atoms with Gasteiger partial charge in [-0.25, -0.2) is 0 Å². The van der Waals surface area contributed by atoms with E-state index in [1.54, 1.807) is 0 Å². The second-order valence-corrected chi connectivity index (χ2v) is 6.36. The van der Waals surface area contributed by atoms with Gasteiger partial charge in [0.1, 0.15) is 0 Å². The highest BCUT2D eigenvalue weighted by molar-refractivity contribution is 5.24. The Bertz CT molecular complexity index is 583. The summed E-state index contributed by atoms with van der Waals surface area (Å²) >= 11 is 0. The Labute approximate surface area is 131 Å². The lowest BCUT2D eigenvalue weighted by Crippen LogP contribution is -2.00. The molecule has 4 nitrogen and oxygen atoms in total. The molecule has 0 spiro atoms. The fourth-order valence-electron chi connectivity index (χ4n) is 2.79. The van der Waals surface area contributed by atoms with Crippen molar-refractivity contribution in [1.29, 1.82) is 0 Å². The normalized spacial score (nSPS) is 18.2. The first-order chi connectivity index (χ1) is 10.7. The van der Waals surface area contributed by atoms with Gasteiger partial charge in [0.2, 0.25) is 5.89 Å². The summed E-state index contributed by atoms with van der Waals surface area (Å²) in [6, 6.07) is 8.91. The second kappa shape index (κ2) is 7.05. The Morgan fingerprint density at radius 3 is 2.68 bits per heavy atom. The third-order valence-corrected chi connectivity index (χ3v) is 4.28. The average molecular weight is 300 g/mol. The molecular formula is C18H24N2O2. The zero-order chi connectivity index (χ0) is 15.4. The van der Waals surface area contributed by atoms with Crippen LogP contribution >= 0.6 is 0 Å². The molecule has 1 aliphatic heterocycles. The van der Waals surface area contributed by atoms with Gasteiger partial charge in [0.25, 0.3) is 0 Å². The summed E-state index contributed by atoms with van der Waals surface area (Å²) in [5.41, 5.74) is 2.76. The number of hydrogen-bond donors (Lipinski definition) is 0. The van der Waals surface area contributed by atoms with Crippen LogP contribution in [0.25, 0.3) is 0 Å². The van der Waals surface area contributed by atoms with E-state index in [1.807, 2.05) is 0 Å². The smallest absolute Gasteiger partial charge is 0.226 e. The average Bonchev–Trinajstić information content (AvgIpc) is 3.19. The van der Waals surface area contributed by atoms with E-state index in [1.165, 1.54) is 11.1 Å². The highest BCUT2D eigenvalue weighted by atomic mass is 16.5. The van der Waals surface area contributed by atoms with E-state index >= 15 is 0 Å². The first kappa shape index (κ1) is 15.2. The van der Waals surface area contributed by atoms with Crippen molar-refractivity contribution in [1.82, 2.24) is 10.1 Å². The van der Waals surface area contributed by atoms with E-state index < -0.39 is 0 Å². The van der Waals surface area contributed by atoms with Crippen molar-refractivity contribution in [3.63, 3.8) is 0 Å². The zero-order valence-corrected chi connectivity index (χ0v) is 13.4. The lowest BCUT2D eigenvalue weighted by Gasteiger charge is -2.06. The molecule has 0 unspecified atom stereocenters. The molecule has 1 fully saturated rings. The number of hydrogen-bond acceptors (Lipinski definition) is 4. The van der Waals surface area contributed by atoms with Gasteiger partial charge in [-0.1, -0.05) is 43.3 Å². The maximum absolute atomic E-state index is 5.36. The maximum Gasteiger partial charge on any atom is 0.226 e. The summed E-state index contributed by atoms with van der Waals surface area (Å²) in [6.45, 7) is 5.97. The fraction of sp³-hybridized carbons (Fsp3) is 0.556. The van der Waals surface area contributed by atoms with Gasteiger partial charge in [-0.3, -0.25) is 0 Å². The van der Waals surface area contributed by atoms with Crippen molar-refractivity contribution in [3.05, 3.63) is 47.1 Å². The molecule has 22 heavy (non-hydrogen) atoms. The summed E-state index contributed by atoms with van der Waals surface area (Å²) in [5, 5.41) is 4.09. The molecule has 2 heterocycles. The second-order valence-electron chi connectivity index (χ2n) is 6.36. The molecule has 0 amide bonds. The molecule has 0 bridgehead atoms. The van der Waals surface area contributed by atoms with Gasteiger partial charge in [-0.2, -0.15) is 4.98 Å².